The molecule has 4 nitrogen and oxygen atoms in total. The van der Waals surface area contributed by atoms with E-state index in [2.05, 4.69) is 29.1 Å². The number of nitrogens with zero attached hydrogens (tertiary/aromatic N) is 2. The molecule has 5 heteroatoms. The molecular formula is C14H22N2O2S. The third kappa shape index (κ3) is 3.34. The first kappa shape index (κ1) is 14.5. The first-order chi connectivity index (χ1) is 8.99. The molecule has 1 aromatic heterocycles. The van der Waals surface area contributed by atoms with Crippen LogP contribution in [0.1, 0.15) is 50.2 Å². The molecule has 0 amide bonds. The number of hydrogen-bond acceptors (Lipinski definition) is 4. The van der Waals surface area contributed by atoms with Gasteiger partial charge < -0.3 is 5.11 Å². The van der Waals surface area contributed by atoms with Crippen molar-refractivity contribution in [3.8, 4) is 0 Å². The van der Waals surface area contributed by atoms with Crippen LogP contribution in [0.15, 0.2) is 5.38 Å². The van der Waals surface area contributed by atoms with E-state index < -0.39 is 5.97 Å². The minimum atomic E-state index is -0.702. The van der Waals surface area contributed by atoms with Crippen molar-refractivity contribution in [3.05, 3.63) is 16.1 Å². The lowest BCUT2D eigenvalue weighted by molar-refractivity contribution is -0.147. The highest BCUT2D eigenvalue weighted by atomic mass is 32.1. The van der Waals surface area contributed by atoms with Crippen LogP contribution >= 0.6 is 11.3 Å². The predicted octanol–water partition coefficient (Wildman–Crippen LogP) is 2.95. The summed E-state index contributed by atoms with van der Waals surface area (Å²) in [5, 5.41) is 12.6. The van der Waals surface area contributed by atoms with E-state index in [0.717, 1.165) is 30.1 Å². The normalized spacial score (nSPS) is 24.8. The molecule has 1 fully saturated rings. The zero-order chi connectivity index (χ0) is 14.0. The van der Waals surface area contributed by atoms with E-state index in [1.807, 2.05) is 6.92 Å². The van der Waals surface area contributed by atoms with Gasteiger partial charge in [-0.05, 0) is 25.3 Å². The fourth-order valence-corrected chi connectivity index (χ4v) is 3.54. The lowest BCUT2D eigenvalue weighted by atomic mass is 9.91. The summed E-state index contributed by atoms with van der Waals surface area (Å²) in [6.07, 6.45) is 2.08. The Balaban J connectivity index is 2.09. The fourth-order valence-electron chi connectivity index (χ4n) is 2.72. The predicted molar refractivity (Wildman–Crippen MR) is 76.4 cm³/mol. The van der Waals surface area contributed by atoms with Crippen LogP contribution in [0.4, 0.5) is 0 Å². The number of piperidine rings is 1. The van der Waals surface area contributed by atoms with Crippen LogP contribution in [0.2, 0.25) is 0 Å². The average molecular weight is 282 g/mol. The SMILES string of the molecule is CC(C)c1nc(CN2CCCC(C)C2C(=O)O)cs1. The summed E-state index contributed by atoms with van der Waals surface area (Å²) in [6.45, 7) is 7.81. The molecule has 2 unspecified atom stereocenters. The number of likely N-dealkylation sites (tertiary alicyclic amines) is 1. The summed E-state index contributed by atoms with van der Waals surface area (Å²) in [4.78, 5) is 18.1. The van der Waals surface area contributed by atoms with E-state index in [-0.39, 0.29) is 12.0 Å². The summed E-state index contributed by atoms with van der Waals surface area (Å²) >= 11 is 1.67. The van der Waals surface area contributed by atoms with Crippen LogP contribution in [-0.4, -0.2) is 33.5 Å². The molecule has 1 saturated heterocycles. The molecular weight excluding hydrogens is 260 g/mol. The topological polar surface area (TPSA) is 53.4 Å². The Morgan fingerprint density at radius 1 is 1.63 bits per heavy atom. The number of carboxylic acid groups (broad SMARTS) is 1. The number of carboxylic acids is 1. The number of hydrogen-bond donors (Lipinski definition) is 1. The molecule has 19 heavy (non-hydrogen) atoms. The molecule has 0 bridgehead atoms. The zero-order valence-electron chi connectivity index (χ0n) is 11.8. The number of carbonyl (C=O) groups is 1. The van der Waals surface area contributed by atoms with E-state index >= 15 is 0 Å². The smallest absolute Gasteiger partial charge is 0.321 e. The molecule has 0 spiro atoms. The van der Waals surface area contributed by atoms with Crippen molar-refractivity contribution >= 4 is 17.3 Å². The summed E-state index contributed by atoms with van der Waals surface area (Å²) in [6, 6.07) is -0.363. The fraction of sp³-hybridized carbons (Fsp3) is 0.714. The average Bonchev–Trinajstić information content (AvgIpc) is 2.77. The van der Waals surface area contributed by atoms with Crippen molar-refractivity contribution in [2.45, 2.75) is 52.1 Å². The van der Waals surface area contributed by atoms with Crippen molar-refractivity contribution < 1.29 is 9.90 Å². The van der Waals surface area contributed by atoms with Crippen LogP contribution < -0.4 is 0 Å². The molecule has 0 aliphatic carbocycles. The van der Waals surface area contributed by atoms with Gasteiger partial charge in [-0.15, -0.1) is 11.3 Å². The molecule has 1 aliphatic rings. The second-order valence-electron chi connectivity index (χ2n) is 5.70. The summed E-state index contributed by atoms with van der Waals surface area (Å²) in [5.41, 5.74) is 1.01. The van der Waals surface area contributed by atoms with Crippen LogP contribution in [0.25, 0.3) is 0 Å². The molecule has 1 aromatic rings. The van der Waals surface area contributed by atoms with Gasteiger partial charge in [0.05, 0.1) is 10.7 Å². The molecule has 0 saturated carbocycles. The maximum absolute atomic E-state index is 11.4. The van der Waals surface area contributed by atoms with Gasteiger partial charge in [0.25, 0.3) is 0 Å². The zero-order valence-corrected chi connectivity index (χ0v) is 12.6. The Morgan fingerprint density at radius 3 is 2.95 bits per heavy atom. The molecule has 2 atom stereocenters. The van der Waals surface area contributed by atoms with Crippen molar-refractivity contribution in [1.29, 1.82) is 0 Å². The number of aliphatic carboxylic acids is 1. The van der Waals surface area contributed by atoms with E-state index in [4.69, 9.17) is 0 Å². The highest BCUT2D eigenvalue weighted by Crippen LogP contribution is 2.26. The van der Waals surface area contributed by atoms with Gasteiger partial charge in [-0.3, -0.25) is 9.69 Å². The molecule has 2 rings (SSSR count). The Morgan fingerprint density at radius 2 is 2.37 bits per heavy atom. The Bertz CT molecular complexity index is 444. The third-order valence-electron chi connectivity index (χ3n) is 3.72. The second-order valence-corrected chi connectivity index (χ2v) is 6.59. The number of thiazole rings is 1. The van der Waals surface area contributed by atoms with Gasteiger partial charge in [0.2, 0.25) is 0 Å². The summed E-state index contributed by atoms with van der Waals surface area (Å²) in [5.74, 6) is -0.0460. The Labute approximate surface area is 118 Å². The lowest BCUT2D eigenvalue weighted by Gasteiger charge is -2.36. The van der Waals surface area contributed by atoms with Gasteiger partial charge in [0, 0.05) is 17.8 Å². The van der Waals surface area contributed by atoms with Gasteiger partial charge in [-0.25, -0.2) is 4.98 Å². The molecule has 0 aromatic carbocycles. The van der Waals surface area contributed by atoms with Gasteiger partial charge in [-0.2, -0.15) is 0 Å². The van der Waals surface area contributed by atoms with Crippen LogP contribution in [0, 0.1) is 5.92 Å². The standard InChI is InChI=1S/C14H22N2O2S/c1-9(2)13-15-11(8-19-13)7-16-6-4-5-10(3)12(16)14(17)18/h8-10,12H,4-7H2,1-3H3,(H,17,18). The molecule has 2 heterocycles. The van der Waals surface area contributed by atoms with Crippen LogP contribution in [0.5, 0.6) is 0 Å². The molecule has 1 N–H and O–H groups in total. The van der Waals surface area contributed by atoms with Crippen LogP contribution in [0.3, 0.4) is 0 Å². The molecule has 106 valence electrons. The van der Waals surface area contributed by atoms with Gasteiger partial charge in [0.1, 0.15) is 6.04 Å². The van der Waals surface area contributed by atoms with Crippen molar-refractivity contribution in [2.75, 3.05) is 6.54 Å². The summed E-state index contributed by atoms with van der Waals surface area (Å²) in [7, 11) is 0. The maximum Gasteiger partial charge on any atom is 0.321 e. The quantitative estimate of drug-likeness (QED) is 0.922. The highest BCUT2D eigenvalue weighted by molar-refractivity contribution is 7.09. The van der Waals surface area contributed by atoms with Gasteiger partial charge in [0.15, 0.2) is 0 Å². The molecule has 0 radical (unpaired) electrons. The van der Waals surface area contributed by atoms with E-state index in [9.17, 15) is 9.90 Å². The van der Waals surface area contributed by atoms with Crippen LogP contribution in [-0.2, 0) is 11.3 Å². The highest BCUT2D eigenvalue weighted by Gasteiger charge is 2.34. The third-order valence-corrected chi connectivity index (χ3v) is 4.91. The largest absolute Gasteiger partial charge is 0.480 e. The minimum absolute atomic E-state index is 0.217. The lowest BCUT2D eigenvalue weighted by Crippen LogP contribution is -2.48. The van der Waals surface area contributed by atoms with Crippen molar-refractivity contribution in [1.82, 2.24) is 9.88 Å². The Kier molecular flexibility index (Phi) is 4.58. The van der Waals surface area contributed by atoms with E-state index in [1.54, 1.807) is 11.3 Å². The van der Waals surface area contributed by atoms with Gasteiger partial charge in [-0.1, -0.05) is 20.8 Å². The number of aromatic nitrogens is 1. The second kappa shape index (κ2) is 6.01. The van der Waals surface area contributed by atoms with E-state index in [1.165, 1.54) is 0 Å². The van der Waals surface area contributed by atoms with Crippen molar-refractivity contribution in [2.24, 2.45) is 5.92 Å². The Hall–Kier alpha value is -0.940. The summed E-state index contributed by atoms with van der Waals surface area (Å²) < 4.78 is 0. The first-order valence-corrected chi connectivity index (χ1v) is 7.78. The minimum Gasteiger partial charge on any atom is -0.480 e. The monoisotopic (exact) mass is 282 g/mol. The first-order valence-electron chi connectivity index (χ1n) is 6.90. The van der Waals surface area contributed by atoms with Gasteiger partial charge >= 0.3 is 5.97 Å². The maximum atomic E-state index is 11.4. The molecule has 1 aliphatic heterocycles. The van der Waals surface area contributed by atoms with E-state index in [0.29, 0.717) is 12.5 Å². The number of rotatable bonds is 4. The van der Waals surface area contributed by atoms with Crippen molar-refractivity contribution in [3.63, 3.8) is 0 Å².